The van der Waals surface area contributed by atoms with Gasteiger partial charge in [0.1, 0.15) is 18.0 Å². The van der Waals surface area contributed by atoms with Crippen LogP contribution in [0.25, 0.3) is 0 Å². The van der Waals surface area contributed by atoms with Crippen LogP contribution in [0.4, 0.5) is 4.39 Å². The Hall–Kier alpha value is -1.52. The third kappa shape index (κ3) is 1.55. The van der Waals surface area contributed by atoms with Gasteiger partial charge in [-0.25, -0.2) is 4.39 Å². The molecule has 1 aliphatic rings. The molecular formula is C7H6FNO3. The summed E-state index contributed by atoms with van der Waals surface area (Å²) in [7, 11) is 0. The Labute approximate surface area is 67.5 Å². The molecule has 0 amide bonds. The third-order valence-electron chi connectivity index (χ3n) is 1.60. The van der Waals surface area contributed by atoms with E-state index in [4.69, 9.17) is 0 Å². The van der Waals surface area contributed by atoms with Gasteiger partial charge in [0.25, 0.3) is 5.70 Å². The standard InChI is InChI=1S/C7H6FNO3/c8-6-1-2-7(9(11)12)5(3-6)4-10/h1-2,4-5H,3H2. The van der Waals surface area contributed by atoms with Crippen LogP contribution in [0.1, 0.15) is 6.42 Å². The molecule has 1 unspecified atom stereocenters. The molecule has 0 bridgehead atoms. The van der Waals surface area contributed by atoms with Crippen molar-refractivity contribution in [3.05, 3.63) is 33.8 Å². The van der Waals surface area contributed by atoms with E-state index in [0.29, 0.717) is 6.29 Å². The SMILES string of the molecule is O=CC1CC(F)=CC=C1[N+](=O)[O-]. The van der Waals surface area contributed by atoms with Crippen molar-refractivity contribution in [2.45, 2.75) is 6.42 Å². The second-order valence-electron chi connectivity index (χ2n) is 2.41. The maximum atomic E-state index is 12.5. The summed E-state index contributed by atoms with van der Waals surface area (Å²) >= 11 is 0. The van der Waals surface area contributed by atoms with Gasteiger partial charge < -0.3 is 4.79 Å². The summed E-state index contributed by atoms with van der Waals surface area (Å²) < 4.78 is 12.5. The van der Waals surface area contributed by atoms with Crippen molar-refractivity contribution in [2.24, 2.45) is 5.92 Å². The van der Waals surface area contributed by atoms with Crippen molar-refractivity contribution in [3.63, 3.8) is 0 Å². The zero-order valence-electron chi connectivity index (χ0n) is 6.07. The molecule has 0 heterocycles. The van der Waals surface area contributed by atoms with Crippen LogP contribution in [0.5, 0.6) is 0 Å². The van der Waals surface area contributed by atoms with Crippen LogP contribution < -0.4 is 0 Å². The van der Waals surface area contributed by atoms with Crippen molar-refractivity contribution in [1.82, 2.24) is 0 Å². The van der Waals surface area contributed by atoms with E-state index in [2.05, 4.69) is 0 Å². The lowest BCUT2D eigenvalue weighted by molar-refractivity contribution is -0.432. The first-order chi connectivity index (χ1) is 5.65. The van der Waals surface area contributed by atoms with Crippen LogP contribution in [-0.4, -0.2) is 11.2 Å². The highest BCUT2D eigenvalue weighted by Crippen LogP contribution is 2.24. The lowest BCUT2D eigenvalue weighted by Crippen LogP contribution is -2.15. The van der Waals surface area contributed by atoms with Gasteiger partial charge in [0.05, 0.1) is 4.92 Å². The zero-order valence-corrected chi connectivity index (χ0v) is 6.07. The molecule has 0 aliphatic heterocycles. The van der Waals surface area contributed by atoms with Crippen molar-refractivity contribution in [1.29, 1.82) is 0 Å². The first-order valence-corrected chi connectivity index (χ1v) is 3.31. The van der Waals surface area contributed by atoms with Gasteiger partial charge >= 0.3 is 0 Å². The highest BCUT2D eigenvalue weighted by Gasteiger charge is 2.27. The fraction of sp³-hybridized carbons (Fsp3) is 0.286. The molecule has 1 atom stereocenters. The number of hydrogen-bond acceptors (Lipinski definition) is 3. The van der Waals surface area contributed by atoms with Crippen LogP contribution >= 0.6 is 0 Å². The number of allylic oxidation sites excluding steroid dienone is 4. The maximum Gasteiger partial charge on any atom is 0.256 e. The Balaban J connectivity index is 2.94. The van der Waals surface area contributed by atoms with Crippen LogP contribution in [0.3, 0.4) is 0 Å². The van der Waals surface area contributed by atoms with Crippen molar-refractivity contribution in [3.8, 4) is 0 Å². The number of carbonyl (C=O) groups excluding carboxylic acids is 1. The summed E-state index contributed by atoms with van der Waals surface area (Å²) in [5, 5.41) is 10.3. The van der Waals surface area contributed by atoms with Crippen LogP contribution in [-0.2, 0) is 4.79 Å². The largest absolute Gasteiger partial charge is 0.302 e. The zero-order chi connectivity index (χ0) is 9.14. The number of rotatable bonds is 2. The molecule has 1 rings (SSSR count). The molecule has 0 saturated carbocycles. The molecule has 64 valence electrons. The smallest absolute Gasteiger partial charge is 0.256 e. The van der Waals surface area contributed by atoms with Gasteiger partial charge in [-0.2, -0.15) is 0 Å². The molecule has 0 aromatic rings. The third-order valence-corrected chi connectivity index (χ3v) is 1.60. The summed E-state index contributed by atoms with van der Waals surface area (Å²) in [5.41, 5.74) is -0.244. The summed E-state index contributed by atoms with van der Waals surface area (Å²) in [4.78, 5) is 19.9. The van der Waals surface area contributed by atoms with Crippen LogP contribution in [0.15, 0.2) is 23.7 Å². The monoisotopic (exact) mass is 171 g/mol. The molecule has 0 aromatic carbocycles. The molecule has 5 heteroatoms. The molecule has 1 aliphatic carbocycles. The number of halogens is 1. The molecule has 0 aromatic heterocycles. The van der Waals surface area contributed by atoms with Crippen molar-refractivity contribution >= 4 is 6.29 Å². The fourth-order valence-corrected chi connectivity index (χ4v) is 0.996. The normalized spacial score (nSPS) is 22.6. The van der Waals surface area contributed by atoms with Gasteiger partial charge in [-0.05, 0) is 6.08 Å². The summed E-state index contributed by atoms with van der Waals surface area (Å²) in [6.45, 7) is 0. The number of nitro groups is 1. The molecular weight excluding hydrogens is 165 g/mol. The minimum atomic E-state index is -0.940. The van der Waals surface area contributed by atoms with E-state index in [9.17, 15) is 19.3 Å². The van der Waals surface area contributed by atoms with Gasteiger partial charge in [-0.1, -0.05) is 0 Å². The van der Waals surface area contributed by atoms with Crippen LogP contribution in [0, 0.1) is 16.0 Å². The summed E-state index contributed by atoms with van der Waals surface area (Å²) in [6, 6.07) is 0. The number of aldehydes is 1. The fourth-order valence-electron chi connectivity index (χ4n) is 0.996. The minimum Gasteiger partial charge on any atom is -0.302 e. The van der Waals surface area contributed by atoms with E-state index in [-0.39, 0.29) is 12.1 Å². The highest BCUT2D eigenvalue weighted by atomic mass is 19.1. The van der Waals surface area contributed by atoms with E-state index < -0.39 is 16.7 Å². The van der Waals surface area contributed by atoms with E-state index >= 15 is 0 Å². The van der Waals surface area contributed by atoms with E-state index in [1.165, 1.54) is 0 Å². The molecule has 0 saturated heterocycles. The second kappa shape index (κ2) is 3.25. The Morgan fingerprint density at radius 3 is 2.83 bits per heavy atom. The molecule has 4 nitrogen and oxygen atoms in total. The van der Waals surface area contributed by atoms with Gasteiger partial charge in [0, 0.05) is 12.5 Å². The Morgan fingerprint density at radius 1 is 1.67 bits per heavy atom. The molecule has 0 radical (unpaired) electrons. The van der Waals surface area contributed by atoms with Crippen molar-refractivity contribution < 1.29 is 14.1 Å². The number of carbonyl (C=O) groups is 1. The first kappa shape index (κ1) is 8.58. The maximum absolute atomic E-state index is 12.5. The number of hydrogen-bond donors (Lipinski definition) is 0. The second-order valence-corrected chi connectivity index (χ2v) is 2.41. The van der Waals surface area contributed by atoms with Crippen LogP contribution in [0.2, 0.25) is 0 Å². The number of nitrogens with zero attached hydrogens (tertiary/aromatic N) is 1. The molecule has 12 heavy (non-hydrogen) atoms. The summed E-state index contributed by atoms with van der Waals surface area (Å²) in [6.07, 6.45) is 2.23. The van der Waals surface area contributed by atoms with Gasteiger partial charge in [-0.15, -0.1) is 0 Å². The molecule has 0 fully saturated rings. The average molecular weight is 171 g/mol. The van der Waals surface area contributed by atoms with Gasteiger partial charge in [0.15, 0.2) is 0 Å². The average Bonchev–Trinajstić information content (AvgIpc) is 2.03. The van der Waals surface area contributed by atoms with E-state index in [0.717, 1.165) is 12.2 Å². The van der Waals surface area contributed by atoms with E-state index in [1.807, 2.05) is 0 Å². The lowest BCUT2D eigenvalue weighted by Gasteiger charge is -2.08. The first-order valence-electron chi connectivity index (χ1n) is 3.31. The Kier molecular flexibility index (Phi) is 2.32. The minimum absolute atomic E-state index is 0.198. The van der Waals surface area contributed by atoms with Gasteiger partial charge in [-0.3, -0.25) is 10.1 Å². The quantitative estimate of drug-likeness (QED) is 0.356. The van der Waals surface area contributed by atoms with Crippen molar-refractivity contribution in [2.75, 3.05) is 0 Å². The topological polar surface area (TPSA) is 60.2 Å². The lowest BCUT2D eigenvalue weighted by atomic mass is 9.98. The Bertz CT molecular complexity index is 282. The summed E-state index contributed by atoms with van der Waals surface area (Å²) in [5.74, 6) is -1.44. The highest BCUT2D eigenvalue weighted by molar-refractivity contribution is 5.59. The predicted molar refractivity (Wildman–Crippen MR) is 38.4 cm³/mol. The predicted octanol–water partition coefficient (Wildman–Crippen LogP) is 1.22. The molecule has 0 N–H and O–H groups in total. The van der Waals surface area contributed by atoms with Gasteiger partial charge in [0.2, 0.25) is 0 Å². The van der Waals surface area contributed by atoms with E-state index in [1.54, 1.807) is 0 Å². The molecule has 0 spiro atoms. The Morgan fingerprint density at radius 2 is 2.33 bits per heavy atom.